The first-order valence-corrected chi connectivity index (χ1v) is 4.78. The minimum Gasteiger partial charge on any atom is -0.397 e. The quantitative estimate of drug-likeness (QED) is 0.758. The molecule has 1 aromatic heterocycles. The van der Waals surface area contributed by atoms with Gasteiger partial charge in [0, 0.05) is 19.3 Å². The van der Waals surface area contributed by atoms with Crippen LogP contribution in [0.15, 0.2) is 18.5 Å². The van der Waals surface area contributed by atoms with Gasteiger partial charge < -0.3 is 15.8 Å². The second-order valence-corrected chi connectivity index (χ2v) is 3.63. The number of aromatic nitrogens is 1. The minimum atomic E-state index is 0.408. The summed E-state index contributed by atoms with van der Waals surface area (Å²) in [5, 5.41) is 3.34. The Balaban J connectivity index is 1.90. The third-order valence-corrected chi connectivity index (χ3v) is 2.64. The van der Waals surface area contributed by atoms with Crippen LogP contribution < -0.4 is 11.1 Å². The van der Waals surface area contributed by atoms with Gasteiger partial charge in [0.05, 0.1) is 23.7 Å². The van der Waals surface area contributed by atoms with Crippen LogP contribution in [0.4, 0.5) is 11.4 Å². The van der Waals surface area contributed by atoms with E-state index >= 15 is 0 Å². The van der Waals surface area contributed by atoms with Gasteiger partial charge in [-0.25, -0.2) is 0 Å². The number of hydrogen-bond donors (Lipinski definition) is 2. The summed E-state index contributed by atoms with van der Waals surface area (Å²) in [5.41, 5.74) is 7.46. The fourth-order valence-corrected chi connectivity index (χ4v) is 1.62. The molecule has 0 aromatic carbocycles. The molecule has 4 nitrogen and oxygen atoms in total. The first kappa shape index (κ1) is 9.27. The number of nitrogen functional groups attached to an aromatic ring is 1. The van der Waals surface area contributed by atoms with Gasteiger partial charge in [0.2, 0.25) is 0 Å². The van der Waals surface area contributed by atoms with Crippen LogP contribution in [0.1, 0.15) is 12.8 Å². The Hall–Kier alpha value is -1.29. The first-order chi connectivity index (χ1) is 6.79. The van der Waals surface area contributed by atoms with Gasteiger partial charge in [-0.1, -0.05) is 0 Å². The summed E-state index contributed by atoms with van der Waals surface area (Å²) in [6.45, 7) is 0. The molecule has 4 heteroatoms. The van der Waals surface area contributed by atoms with E-state index < -0.39 is 0 Å². The lowest BCUT2D eigenvalue weighted by Crippen LogP contribution is -2.40. The fraction of sp³-hybridized carbons (Fsp3) is 0.500. The molecule has 0 spiro atoms. The van der Waals surface area contributed by atoms with E-state index in [4.69, 9.17) is 10.5 Å². The number of nitrogens with one attached hydrogen (secondary N) is 1. The summed E-state index contributed by atoms with van der Waals surface area (Å²) in [7, 11) is 1.75. The van der Waals surface area contributed by atoms with Crippen molar-refractivity contribution in [1.29, 1.82) is 0 Å². The maximum atomic E-state index is 5.78. The number of methoxy groups -OCH3 is 1. The Bertz CT molecular complexity index is 310. The molecule has 1 aromatic rings. The van der Waals surface area contributed by atoms with Gasteiger partial charge >= 0.3 is 0 Å². The monoisotopic (exact) mass is 193 g/mol. The SMILES string of the molecule is COC1CC(Nc2cnccc2N)C1. The highest BCUT2D eigenvalue weighted by Gasteiger charge is 2.28. The van der Waals surface area contributed by atoms with Crippen LogP contribution in [0.3, 0.4) is 0 Å². The predicted molar refractivity (Wildman–Crippen MR) is 56.1 cm³/mol. The molecule has 0 amide bonds. The van der Waals surface area contributed by atoms with Crippen LogP contribution in [0.5, 0.6) is 0 Å². The van der Waals surface area contributed by atoms with Crippen molar-refractivity contribution in [3.63, 3.8) is 0 Å². The van der Waals surface area contributed by atoms with Gasteiger partial charge in [0.15, 0.2) is 0 Å². The molecule has 0 unspecified atom stereocenters. The molecule has 2 rings (SSSR count). The van der Waals surface area contributed by atoms with E-state index in [0.29, 0.717) is 12.1 Å². The van der Waals surface area contributed by atoms with Gasteiger partial charge in [-0.15, -0.1) is 0 Å². The van der Waals surface area contributed by atoms with Gasteiger partial charge in [-0.2, -0.15) is 0 Å². The van der Waals surface area contributed by atoms with Crippen LogP contribution in [0.2, 0.25) is 0 Å². The zero-order chi connectivity index (χ0) is 9.97. The highest BCUT2D eigenvalue weighted by atomic mass is 16.5. The van der Waals surface area contributed by atoms with Crippen molar-refractivity contribution < 1.29 is 4.74 Å². The van der Waals surface area contributed by atoms with E-state index in [2.05, 4.69) is 10.3 Å². The number of nitrogens with zero attached hydrogens (tertiary/aromatic N) is 1. The van der Waals surface area contributed by atoms with Crippen molar-refractivity contribution in [1.82, 2.24) is 4.98 Å². The topological polar surface area (TPSA) is 60.2 Å². The molecule has 0 atom stereocenters. The Kier molecular flexibility index (Phi) is 2.54. The molecule has 1 aliphatic rings. The molecule has 76 valence electrons. The van der Waals surface area contributed by atoms with Crippen molar-refractivity contribution in [3.05, 3.63) is 18.5 Å². The standard InChI is InChI=1S/C10H15N3O/c1-14-8-4-7(5-8)13-10-6-12-3-2-9(10)11/h2-3,6-8,13H,4-5H2,1H3,(H2,11,12). The molecule has 0 aliphatic heterocycles. The first-order valence-electron chi connectivity index (χ1n) is 4.78. The van der Waals surface area contributed by atoms with E-state index in [1.165, 1.54) is 0 Å². The zero-order valence-corrected chi connectivity index (χ0v) is 8.23. The van der Waals surface area contributed by atoms with Crippen LogP contribution in [0.25, 0.3) is 0 Å². The van der Waals surface area contributed by atoms with Crippen molar-refractivity contribution in [2.24, 2.45) is 0 Å². The van der Waals surface area contributed by atoms with Crippen LogP contribution in [-0.4, -0.2) is 24.2 Å². The normalized spacial score (nSPS) is 25.5. The van der Waals surface area contributed by atoms with Crippen LogP contribution >= 0.6 is 0 Å². The highest BCUT2D eigenvalue weighted by Crippen LogP contribution is 2.27. The maximum absolute atomic E-state index is 5.78. The molecule has 0 bridgehead atoms. The van der Waals surface area contributed by atoms with E-state index in [9.17, 15) is 0 Å². The number of hydrogen-bond acceptors (Lipinski definition) is 4. The second kappa shape index (κ2) is 3.84. The molecule has 0 saturated heterocycles. The highest BCUT2D eigenvalue weighted by molar-refractivity contribution is 5.64. The van der Waals surface area contributed by atoms with Gasteiger partial charge in [0.1, 0.15) is 0 Å². The van der Waals surface area contributed by atoms with E-state index in [-0.39, 0.29) is 0 Å². The lowest BCUT2D eigenvalue weighted by atomic mass is 9.89. The van der Waals surface area contributed by atoms with Crippen molar-refractivity contribution >= 4 is 11.4 Å². The maximum Gasteiger partial charge on any atom is 0.0762 e. The minimum absolute atomic E-state index is 0.408. The second-order valence-electron chi connectivity index (χ2n) is 3.63. The molecule has 14 heavy (non-hydrogen) atoms. The van der Waals surface area contributed by atoms with Crippen molar-refractivity contribution in [2.75, 3.05) is 18.2 Å². The van der Waals surface area contributed by atoms with E-state index in [1.54, 1.807) is 25.6 Å². The van der Waals surface area contributed by atoms with Crippen molar-refractivity contribution in [2.45, 2.75) is 25.0 Å². The molecule has 0 radical (unpaired) electrons. The largest absolute Gasteiger partial charge is 0.397 e. The molecular formula is C10H15N3O. The van der Waals surface area contributed by atoms with Gasteiger partial charge in [0.25, 0.3) is 0 Å². The van der Waals surface area contributed by atoms with Crippen molar-refractivity contribution in [3.8, 4) is 0 Å². The van der Waals surface area contributed by atoms with Crippen LogP contribution in [0, 0.1) is 0 Å². The number of anilines is 2. The summed E-state index contributed by atoms with van der Waals surface area (Å²) in [5.74, 6) is 0. The van der Waals surface area contributed by atoms with Gasteiger partial charge in [-0.3, -0.25) is 4.98 Å². The molecule has 3 N–H and O–H groups in total. The Morgan fingerprint density at radius 2 is 2.36 bits per heavy atom. The van der Waals surface area contributed by atoms with E-state index in [0.717, 1.165) is 24.2 Å². The summed E-state index contributed by atoms with van der Waals surface area (Å²) >= 11 is 0. The Morgan fingerprint density at radius 1 is 1.57 bits per heavy atom. The third-order valence-electron chi connectivity index (χ3n) is 2.64. The van der Waals surface area contributed by atoms with E-state index in [1.807, 2.05) is 0 Å². The molecular weight excluding hydrogens is 178 g/mol. The zero-order valence-electron chi connectivity index (χ0n) is 8.23. The molecule has 1 fully saturated rings. The lowest BCUT2D eigenvalue weighted by Gasteiger charge is -2.35. The predicted octanol–water partition coefficient (Wildman–Crippen LogP) is 1.25. The number of rotatable bonds is 3. The molecule has 1 heterocycles. The van der Waals surface area contributed by atoms with Gasteiger partial charge in [-0.05, 0) is 18.9 Å². The lowest BCUT2D eigenvalue weighted by molar-refractivity contribution is 0.0329. The van der Waals surface area contributed by atoms with Crippen LogP contribution in [-0.2, 0) is 4.74 Å². The fourth-order valence-electron chi connectivity index (χ4n) is 1.62. The molecule has 1 saturated carbocycles. The molecule has 1 aliphatic carbocycles. The summed E-state index contributed by atoms with van der Waals surface area (Å²) < 4.78 is 5.20. The third kappa shape index (κ3) is 1.80. The summed E-state index contributed by atoms with van der Waals surface area (Å²) in [6, 6.07) is 2.28. The smallest absolute Gasteiger partial charge is 0.0762 e. The summed E-state index contributed by atoms with van der Waals surface area (Å²) in [4.78, 5) is 4.02. The Morgan fingerprint density at radius 3 is 3.00 bits per heavy atom. The average Bonchev–Trinajstić information content (AvgIpc) is 2.13. The average molecular weight is 193 g/mol. The number of ether oxygens (including phenoxy) is 1. The summed E-state index contributed by atoms with van der Waals surface area (Å²) in [6.07, 6.45) is 5.95. The number of nitrogens with two attached hydrogens (primary N) is 1. The Labute approximate surface area is 83.5 Å². The number of pyridine rings is 1.